The SMILES string of the molecule is Cn1c(=O)c(C(=O)Nc2ccc3c(c2)OCO3)nc2ccccc21. The Hall–Kier alpha value is -3.35. The molecule has 2 heterocycles. The molecule has 7 nitrogen and oxygen atoms in total. The molecule has 3 aromatic rings. The van der Waals surface area contributed by atoms with Crippen LogP contribution in [0.4, 0.5) is 5.69 Å². The fraction of sp³-hybridized carbons (Fsp3) is 0.118. The van der Waals surface area contributed by atoms with Gasteiger partial charge in [0.15, 0.2) is 17.2 Å². The second-order valence-corrected chi connectivity index (χ2v) is 5.34. The van der Waals surface area contributed by atoms with Gasteiger partial charge in [0.25, 0.3) is 11.5 Å². The van der Waals surface area contributed by atoms with Gasteiger partial charge in [0.2, 0.25) is 6.79 Å². The van der Waals surface area contributed by atoms with E-state index in [-0.39, 0.29) is 12.5 Å². The first-order valence-electron chi connectivity index (χ1n) is 7.30. The predicted molar refractivity (Wildman–Crippen MR) is 87.5 cm³/mol. The lowest BCUT2D eigenvalue weighted by Crippen LogP contribution is -2.29. The Balaban J connectivity index is 1.71. The Bertz CT molecular complexity index is 1030. The largest absolute Gasteiger partial charge is 0.454 e. The highest BCUT2D eigenvalue weighted by atomic mass is 16.7. The molecule has 1 aliphatic rings. The minimum atomic E-state index is -0.569. The molecular formula is C17H13N3O4. The number of carbonyl (C=O) groups is 1. The molecule has 2 aromatic carbocycles. The molecule has 0 saturated heterocycles. The van der Waals surface area contributed by atoms with Crippen LogP contribution in [-0.4, -0.2) is 22.3 Å². The van der Waals surface area contributed by atoms with Crippen LogP contribution in [0.1, 0.15) is 10.5 Å². The van der Waals surface area contributed by atoms with E-state index in [9.17, 15) is 9.59 Å². The van der Waals surface area contributed by atoms with Crippen LogP contribution in [0.5, 0.6) is 11.5 Å². The molecule has 0 fully saturated rings. The third-order valence-corrected chi connectivity index (χ3v) is 3.83. The summed E-state index contributed by atoms with van der Waals surface area (Å²) in [6, 6.07) is 12.2. The third-order valence-electron chi connectivity index (χ3n) is 3.83. The highest BCUT2D eigenvalue weighted by Crippen LogP contribution is 2.34. The number of nitrogens with zero attached hydrogens (tertiary/aromatic N) is 2. The zero-order valence-corrected chi connectivity index (χ0v) is 12.8. The second-order valence-electron chi connectivity index (χ2n) is 5.34. The molecule has 0 saturated carbocycles. The molecule has 1 aromatic heterocycles. The fourth-order valence-electron chi connectivity index (χ4n) is 2.59. The molecule has 1 amide bonds. The van der Waals surface area contributed by atoms with Crippen molar-refractivity contribution in [3.63, 3.8) is 0 Å². The van der Waals surface area contributed by atoms with Crippen molar-refractivity contribution in [2.24, 2.45) is 7.05 Å². The summed E-state index contributed by atoms with van der Waals surface area (Å²) in [5.41, 5.74) is 1.14. The van der Waals surface area contributed by atoms with E-state index in [1.807, 2.05) is 6.07 Å². The standard InChI is InChI=1S/C17H13N3O4/c1-20-12-5-3-2-4-11(12)19-15(17(20)22)16(21)18-10-6-7-13-14(8-10)24-9-23-13/h2-8H,9H2,1H3,(H,18,21). The molecule has 1 N–H and O–H groups in total. The summed E-state index contributed by atoms with van der Waals surface area (Å²) in [5, 5.41) is 2.67. The van der Waals surface area contributed by atoms with E-state index in [4.69, 9.17) is 9.47 Å². The second kappa shape index (κ2) is 5.38. The van der Waals surface area contributed by atoms with Gasteiger partial charge in [-0.1, -0.05) is 12.1 Å². The zero-order valence-electron chi connectivity index (χ0n) is 12.8. The minimum Gasteiger partial charge on any atom is -0.454 e. The van der Waals surface area contributed by atoms with E-state index in [0.717, 1.165) is 0 Å². The Morgan fingerprint density at radius 3 is 2.83 bits per heavy atom. The van der Waals surface area contributed by atoms with Crippen LogP contribution in [-0.2, 0) is 7.05 Å². The number of hydrogen-bond donors (Lipinski definition) is 1. The van der Waals surface area contributed by atoms with Gasteiger partial charge in [-0.25, -0.2) is 4.98 Å². The van der Waals surface area contributed by atoms with E-state index in [1.165, 1.54) is 4.57 Å². The first-order valence-corrected chi connectivity index (χ1v) is 7.30. The number of hydrogen-bond acceptors (Lipinski definition) is 5. The number of fused-ring (bicyclic) bond motifs is 2. The van der Waals surface area contributed by atoms with Crippen LogP contribution < -0.4 is 20.3 Å². The lowest BCUT2D eigenvalue weighted by atomic mass is 10.2. The highest BCUT2D eigenvalue weighted by Gasteiger charge is 2.18. The fourth-order valence-corrected chi connectivity index (χ4v) is 2.59. The van der Waals surface area contributed by atoms with E-state index in [2.05, 4.69) is 10.3 Å². The van der Waals surface area contributed by atoms with Crippen LogP contribution in [0, 0.1) is 0 Å². The average molecular weight is 323 g/mol. The van der Waals surface area contributed by atoms with Crippen LogP contribution >= 0.6 is 0 Å². The number of anilines is 1. The molecule has 7 heteroatoms. The molecule has 24 heavy (non-hydrogen) atoms. The van der Waals surface area contributed by atoms with Crippen LogP contribution in [0.2, 0.25) is 0 Å². The van der Waals surface area contributed by atoms with Crippen molar-refractivity contribution in [2.75, 3.05) is 12.1 Å². The maximum Gasteiger partial charge on any atom is 0.282 e. The summed E-state index contributed by atoms with van der Waals surface area (Å²) in [5.74, 6) is 0.597. The van der Waals surface area contributed by atoms with Crippen molar-refractivity contribution < 1.29 is 14.3 Å². The summed E-state index contributed by atoms with van der Waals surface area (Å²) >= 11 is 0. The quantitative estimate of drug-likeness (QED) is 0.779. The molecule has 0 radical (unpaired) electrons. The van der Waals surface area contributed by atoms with Crippen molar-refractivity contribution in [3.8, 4) is 11.5 Å². The topological polar surface area (TPSA) is 82.5 Å². The molecule has 1 aliphatic heterocycles. The first-order chi connectivity index (χ1) is 11.6. The monoisotopic (exact) mass is 323 g/mol. The molecular weight excluding hydrogens is 310 g/mol. The summed E-state index contributed by atoms with van der Waals surface area (Å²) < 4.78 is 11.9. The van der Waals surface area contributed by atoms with Crippen LogP contribution in [0.25, 0.3) is 11.0 Å². The van der Waals surface area contributed by atoms with Crippen molar-refractivity contribution in [1.29, 1.82) is 0 Å². The van der Waals surface area contributed by atoms with Crippen LogP contribution in [0.15, 0.2) is 47.3 Å². The minimum absolute atomic E-state index is 0.152. The van der Waals surface area contributed by atoms with Gasteiger partial charge in [0.05, 0.1) is 11.0 Å². The average Bonchev–Trinajstić information content (AvgIpc) is 3.05. The molecule has 4 rings (SSSR count). The number of nitrogens with one attached hydrogen (secondary N) is 1. The molecule has 0 atom stereocenters. The Kier molecular flexibility index (Phi) is 3.19. The number of para-hydroxylation sites is 2. The summed E-state index contributed by atoms with van der Waals surface area (Å²) in [6.45, 7) is 0.152. The van der Waals surface area contributed by atoms with Crippen LogP contribution in [0.3, 0.4) is 0 Å². The molecule has 0 aliphatic carbocycles. The number of rotatable bonds is 2. The van der Waals surface area contributed by atoms with Gasteiger partial charge in [-0.05, 0) is 24.3 Å². The van der Waals surface area contributed by atoms with E-state index in [0.29, 0.717) is 28.2 Å². The molecule has 0 spiro atoms. The summed E-state index contributed by atoms with van der Waals surface area (Å²) in [6.07, 6.45) is 0. The van der Waals surface area contributed by atoms with Gasteiger partial charge in [-0.15, -0.1) is 0 Å². The van der Waals surface area contributed by atoms with Gasteiger partial charge in [0, 0.05) is 18.8 Å². The predicted octanol–water partition coefficient (Wildman–Crippen LogP) is 1.91. The Morgan fingerprint density at radius 2 is 1.96 bits per heavy atom. The maximum atomic E-state index is 12.5. The van der Waals surface area contributed by atoms with Crippen molar-refractivity contribution in [1.82, 2.24) is 9.55 Å². The van der Waals surface area contributed by atoms with E-state index >= 15 is 0 Å². The number of aromatic nitrogens is 2. The van der Waals surface area contributed by atoms with Gasteiger partial charge in [-0.3, -0.25) is 9.59 Å². The highest BCUT2D eigenvalue weighted by molar-refractivity contribution is 6.03. The Morgan fingerprint density at radius 1 is 1.17 bits per heavy atom. The molecule has 120 valence electrons. The zero-order chi connectivity index (χ0) is 16.7. The maximum absolute atomic E-state index is 12.5. The smallest absolute Gasteiger partial charge is 0.282 e. The van der Waals surface area contributed by atoms with E-state index in [1.54, 1.807) is 43.4 Å². The summed E-state index contributed by atoms with van der Waals surface area (Å²) in [4.78, 5) is 29.1. The van der Waals surface area contributed by atoms with E-state index < -0.39 is 11.5 Å². The normalized spacial score (nSPS) is 12.4. The van der Waals surface area contributed by atoms with Gasteiger partial charge in [-0.2, -0.15) is 0 Å². The lowest BCUT2D eigenvalue weighted by molar-refractivity contribution is 0.102. The number of aryl methyl sites for hydroxylation is 1. The number of ether oxygens (including phenoxy) is 2. The number of benzene rings is 2. The van der Waals surface area contributed by atoms with Crippen molar-refractivity contribution >= 4 is 22.6 Å². The molecule has 0 bridgehead atoms. The van der Waals surface area contributed by atoms with Gasteiger partial charge in [0.1, 0.15) is 0 Å². The summed E-state index contributed by atoms with van der Waals surface area (Å²) in [7, 11) is 1.61. The number of amides is 1. The van der Waals surface area contributed by atoms with Crippen molar-refractivity contribution in [2.45, 2.75) is 0 Å². The Labute approximate surface area is 136 Å². The third kappa shape index (κ3) is 2.26. The molecule has 0 unspecified atom stereocenters. The van der Waals surface area contributed by atoms with Gasteiger partial charge >= 0.3 is 0 Å². The number of carbonyl (C=O) groups excluding carboxylic acids is 1. The van der Waals surface area contributed by atoms with Gasteiger partial charge < -0.3 is 19.4 Å². The lowest BCUT2D eigenvalue weighted by Gasteiger charge is -2.09. The van der Waals surface area contributed by atoms with Crippen molar-refractivity contribution in [3.05, 3.63) is 58.5 Å². The first kappa shape index (κ1) is 14.3.